The van der Waals surface area contributed by atoms with Gasteiger partial charge in [-0.1, -0.05) is 49.6 Å². The first kappa shape index (κ1) is 19.4. The van der Waals surface area contributed by atoms with E-state index < -0.39 is 0 Å². The lowest BCUT2D eigenvalue weighted by Gasteiger charge is -2.08. The number of hydrogen-bond donors (Lipinski definition) is 0. The first-order valence-electron chi connectivity index (χ1n) is 8.11. The number of allylic oxidation sites excluding steroid dienone is 7. The molecule has 0 N–H and O–H groups in total. The maximum absolute atomic E-state index is 5.88. The summed E-state index contributed by atoms with van der Waals surface area (Å²) in [5, 5.41) is 2.10. The molecule has 0 saturated heterocycles. The van der Waals surface area contributed by atoms with Crippen molar-refractivity contribution >= 4 is 12.2 Å². The predicted molar refractivity (Wildman–Crippen MR) is 105 cm³/mol. The molecule has 1 aromatic heterocycles. The third kappa shape index (κ3) is 5.54. The SMILES string of the molecule is C=C\C(=C/C(/C=C\C)=C(\C)C=C)OCc1ccc(=C/C)/c(=C\C)n1. The van der Waals surface area contributed by atoms with Gasteiger partial charge in [-0.25, -0.2) is 4.98 Å². The van der Waals surface area contributed by atoms with Gasteiger partial charge in [0.1, 0.15) is 12.4 Å². The lowest BCUT2D eigenvalue weighted by atomic mass is 10.1. The van der Waals surface area contributed by atoms with Crippen LogP contribution in [-0.4, -0.2) is 4.98 Å². The highest BCUT2D eigenvalue weighted by molar-refractivity contribution is 5.41. The van der Waals surface area contributed by atoms with E-state index in [4.69, 9.17) is 4.74 Å². The third-order valence-electron chi connectivity index (χ3n) is 3.59. The molecule has 0 aliphatic heterocycles. The lowest BCUT2D eigenvalue weighted by Crippen LogP contribution is -2.28. The number of aromatic nitrogens is 1. The Morgan fingerprint density at radius 1 is 1.12 bits per heavy atom. The van der Waals surface area contributed by atoms with Crippen molar-refractivity contribution < 1.29 is 4.74 Å². The summed E-state index contributed by atoms with van der Waals surface area (Å²) in [5.41, 5.74) is 3.02. The lowest BCUT2D eigenvalue weighted by molar-refractivity contribution is 0.207. The number of hydrogen-bond acceptors (Lipinski definition) is 2. The summed E-state index contributed by atoms with van der Waals surface area (Å²) in [6.45, 7) is 16.1. The highest BCUT2D eigenvalue weighted by atomic mass is 16.5. The molecule has 2 heteroatoms. The van der Waals surface area contributed by atoms with Gasteiger partial charge in [0.25, 0.3) is 0 Å². The molecule has 1 aromatic rings. The fourth-order valence-corrected chi connectivity index (χ4v) is 2.14. The van der Waals surface area contributed by atoms with E-state index in [2.05, 4.69) is 24.2 Å². The molecular weight excluding hydrogens is 294 g/mol. The number of rotatable bonds is 7. The normalized spacial score (nSPS) is 14.8. The van der Waals surface area contributed by atoms with Gasteiger partial charge in [0.05, 0.1) is 11.0 Å². The first-order chi connectivity index (χ1) is 11.6. The van der Waals surface area contributed by atoms with E-state index in [1.807, 2.05) is 70.2 Å². The van der Waals surface area contributed by atoms with E-state index in [9.17, 15) is 0 Å². The molecule has 0 bridgehead atoms. The molecular formula is C22H27NO. The molecule has 126 valence electrons. The summed E-state index contributed by atoms with van der Waals surface area (Å²) in [5.74, 6) is 0.708. The van der Waals surface area contributed by atoms with Crippen LogP contribution in [0.1, 0.15) is 33.4 Å². The third-order valence-corrected chi connectivity index (χ3v) is 3.59. The first-order valence-corrected chi connectivity index (χ1v) is 8.11. The fraction of sp³-hybridized carbons (Fsp3) is 0.227. The molecule has 0 spiro atoms. The standard InChI is InChI=1S/C22H27NO/c1-7-12-19(17(6)8-2)15-21(10-4)24-16-20-14-13-18(9-3)22(11-5)23-20/h7-15H,2,4,16H2,1,3,5-6H3/b12-7-,18-9-,19-17+,21-15+,22-11+. The van der Waals surface area contributed by atoms with Crippen LogP contribution in [0.3, 0.4) is 0 Å². The van der Waals surface area contributed by atoms with Gasteiger partial charge >= 0.3 is 0 Å². The van der Waals surface area contributed by atoms with Crippen molar-refractivity contribution in [1.82, 2.24) is 4.98 Å². The Hall–Kier alpha value is -2.61. The van der Waals surface area contributed by atoms with Crippen LogP contribution in [0.15, 0.2) is 72.6 Å². The molecule has 24 heavy (non-hydrogen) atoms. The molecule has 0 radical (unpaired) electrons. The fourth-order valence-electron chi connectivity index (χ4n) is 2.14. The Morgan fingerprint density at radius 2 is 1.88 bits per heavy atom. The van der Waals surface area contributed by atoms with Crippen molar-refractivity contribution in [2.24, 2.45) is 0 Å². The van der Waals surface area contributed by atoms with Crippen LogP contribution < -0.4 is 10.6 Å². The van der Waals surface area contributed by atoms with Crippen LogP contribution in [-0.2, 0) is 11.3 Å². The molecule has 0 aliphatic carbocycles. The van der Waals surface area contributed by atoms with Gasteiger partial charge in [-0.2, -0.15) is 0 Å². The van der Waals surface area contributed by atoms with Crippen LogP contribution in [0, 0.1) is 0 Å². The van der Waals surface area contributed by atoms with Crippen molar-refractivity contribution in [2.75, 3.05) is 0 Å². The zero-order chi connectivity index (χ0) is 17.9. The van der Waals surface area contributed by atoms with Crippen LogP contribution in [0.25, 0.3) is 12.2 Å². The highest BCUT2D eigenvalue weighted by Gasteiger charge is 2.00. The Bertz CT molecular complexity index is 792. The number of nitrogens with zero attached hydrogens (tertiary/aromatic N) is 1. The minimum atomic E-state index is 0.402. The van der Waals surface area contributed by atoms with Gasteiger partial charge in [0, 0.05) is 0 Å². The second-order valence-corrected chi connectivity index (χ2v) is 5.24. The van der Waals surface area contributed by atoms with Crippen molar-refractivity contribution in [1.29, 1.82) is 0 Å². The predicted octanol–water partition coefficient (Wildman–Crippen LogP) is 4.35. The molecule has 0 atom stereocenters. The molecule has 0 aliphatic rings. The number of ether oxygens (including phenoxy) is 1. The average molecular weight is 321 g/mol. The topological polar surface area (TPSA) is 22.1 Å². The van der Waals surface area contributed by atoms with E-state index in [0.717, 1.165) is 27.4 Å². The maximum atomic E-state index is 5.88. The van der Waals surface area contributed by atoms with Crippen LogP contribution in [0.4, 0.5) is 0 Å². The van der Waals surface area contributed by atoms with Crippen molar-refractivity contribution in [3.05, 3.63) is 88.8 Å². The highest BCUT2D eigenvalue weighted by Crippen LogP contribution is 2.14. The van der Waals surface area contributed by atoms with Gasteiger partial charge in [0.15, 0.2) is 0 Å². The van der Waals surface area contributed by atoms with Crippen molar-refractivity contribution in [2.45, 2.75) is 34.3 Å². The van der Waals surface area contributed by atoms with Crippen molar-refractivity contribution in [3.63, 3.8) is 0 Å². The summed E-state index contributed by atoms with van der Waals surface area (Å²) in [6.07, 6.45) is 13.6. The van der Waals surface area contributed by atoms with Gasteiger partial charge in [-0.05, 0) is 62.3 Å². The summed E-state index contributed by atoms with van der Waals surface area (Å²) >= 11 is 0. The van der Waals surface area contributed by atoms with E-state index in [-0.39, 0.29) is 0 Å². The van der Waals surface area contributed by atoms with Crippen LogP contribution in [0.5, 0.6) is 0 Å². The molecule has 1 heterocycles. The molecule has 0 fully saturated rings. The molecule has 1 rings (SSSR count). The second kappa shape index (κ2) is 10.2. The molecule has 0 amide bonds. The monoisotopic (exact) mass is 321 g/mol. The largest absolute Gasteiger partial charge is 0.487 e. The minimum Gasteiger partial charge on any atom is -0.487 e. The molecule has 0 unspecified atom stereocenters. The van der Waals surface area contributed by atoms with E-state index in [1.54, 1.807) is 6.08 Å². The Labute approximate surface area is 145 Å². The maximum Gasteiger partial charge on any atom is 0.130 e. The molecule has 0 aromatic carbocycles. The smallest absolute Gasteiger partial charge is 0.130 e. The van der Waals surface area contributed by atoms with Gasteiger partial charge in [-0.15, -0.1) is 0 Å². The average Bonchev–Trinajstić information content (AvgIpc) is 2.63. The van der Waals surface area contributed by atoms with Gasteiger partial charge in [0.2, 0.25) is 0 Å². The van der Waals surface area contributed by atoms with E-state index >= 15 is 0 Å². The van der Waals surface area contributed by atoms with Gasteiger partial charge in [-0.3, -0.25) is 0 Å². The van der Waals surface area contributed by atoms with Crippen LogP contribution in [0.2, 0.25) is 0 Å². The zero-order valence-electron chi connectivity index (χ0n) is 15.2. The summed E-state index contributed by atoms with van der Waals surface area (Å²) < 4.78 is 5.88. The van der Waals surface area contributed by atoms with Crippen molar-refractivity contribution in [3.8, 4) is 0 Å². The number of pyridine rings is 1. The summed E-state index contributed by atoms with van der Waals surface area (Å²) in [6, 6.07) is 4.05. The summed E-state index contributed by atoms with van der Waals surface area (Å²) in [4.78, 5) is 4.62. The molecule has 0 saturated carbocycles. The van der Waals surface area contributed by atoms with Crippen LogP contribution >= 0.6 is 0 Å². The second-order valence-electron chi connectivity index (χ2n) is 5.24. The Kier molecular flexibility index (Phi) is 8.28. The van der Waals surface area contributed by atoms with E-state index in [0.29, 0.717) is 12.4 Å². The quantitative estimate of drug-likeness (QED) is 0.550. The zero-order valence-corrected chi connectivity index (χ0v) is 15.2. The molecule has 2 nitrogen and oxygen atoms in total. The van der Waals surface area contributed by atoms with E-state index in [1.165, 1.54) is 0 Å². The summed E-state index contributed by atoms with van der Waals surface area (Å²) in [7, 11) is 0. The minimum absolute atomic E-state index is 0.402. The Balaban J connectivity index is 3.04. The van der Waals surface area contributed by atoms with Gasteiger partial charge < -0.3 is 4.74 Å². The Morgan fingerprint density at radius 3 is 2.42 bits per heavy atom.